The number of rotatable bonds is 8. The Morgan fingerprint density at radius 3 is 2.68 bits per heavy atom. The van der Waals surface area contributed by atoms with Crippen LogP contribution in [0.1, 0.15) is 28.4 Å². The van der Waals surface area contributed by atoms with E-state index < -0.39 is 5.97 Å². The minimum atomic E-state index is -1.05. The first kappa shape index (κ1) is 26.7. The van der Waals surface area contributed by atoms with Gasteiger partial charge in [-0.05, 0) is 89.3 Å². The first-order valence-electron chi connectivity index (χ1n) is 11.2. The van der Waals surface area contributed by atoms with Gasteiger partial charge in [-0.15, -0.1) is 0 Å². The Morgan fingerprint density at radius 2 is 1.95 bits per heavy atom. The van der Waals surface area contributed by atoms with E-state index in [1.807, 2.05) is 13.0 Å². The van der Waals surface area contributed by atoms with Crippen molar-refractivity contribution < 1.29 is 28.6 Å². The lowest BCUT2D eigenvalue weighted by molar-refractivity contribution is -0.121. The van der Waals surface area contributed by atoms with Crippen LogP contribution < -0.4 is 9.47 Å². The van der Waals surface area contributed by atoms with Gasteiger partial charge in [-0.1, -0.05) is 24.3 Å². The largest absolute Gasteiger partial charge is 0.490 e. The summed E-state index contributed by atoms with van der Waals surface area (Å²) in [5.41, 5.74) is 1.71. The lowest BCUT2D eigenvalue weighted by Crippen LogP contribution is -2.23. The lowest BCUT2D eigenvalue weighted by atomic mass is 10.1. The number of carboxylic acid groups (broad SMARTS) is 1. The molecule has 1 aliphatic rings. The smallest absolute Gasteiger partial charge is 0.335 e. The lowest BCUT2D eigenvalue weighted by Gasteiger charge is -2.15. The Morgan fingerprint density at radius 1 is 1.16 bits per heavy atom. The van der Waals surface area contributed by atoms with Crippen molar-refractivity contribution in [2.24, 2.45) is 4.99 Å². The molecule has 0 spiro atoms. The van der Waals surface area contributed by atoms with Gasteiger partial charge in [0.05, 0.1) is 26.3 Å². The summed E-state index contributed by atoms with van der Waals surface area (Å²) in [7, 11) is 1.62. The fourth-order valence-electron chi connectivity index (χ4n) is 3.46. The molecule has 4 rings (SSSR count). The maximum Gasteiger partial charge on any atom is 0.335 e. The van der Waals surface area contributed by atoms with Crippen molar-refractivity contribution in [3.8, 4) is 11.5 Å². The minimum Gasteiger partial charge on any atom is -0.490 e. The predicted molar refractivity (Wildman–Crippen MR) is 150 cm³/mol. The highest BCUT2D eigenvalue weighted by Gasteiger charge is 2.30. The van der Waals surface area contributed by atoms with Crippen molar-refractivity contribution in [2.75, 3.05) is 13.7 Å². The predicted octanol–water partition coefficient (Wildman–Crippen LogP) is 6.34. The molecule has 0 aliphatic carbocycles. The molecule has 3 aromatic carbocycles. The first-order chi connectivity index (χ1) is 17.8. The van der Waals surface area contributed by atoms with Crippen LogP contribution in [0, 0.1) is 9.39 Å². The number of likely N-dealkylation sites (N-methyl/N-ethyl adjacent to an activating group) is 1. The molecular formula is C27H22FIN2O5S. The Hall–Kier alpha value is -3.38. The second-order valence-corrected chi connectivity index (χ2v) is 10.0. The first-order valence-corrected chi connectivity index (χ1v) is 13.1. The van der Waals surface area contributed by atoms with E-state index in [2.05, 4.69) is 27.6 Å². The van der Waals surface area contributed by atoms with E-state index in [0.29, 0.717) is 39.4 Å². The normalized spacial score (nSPS) is 15.5. The zero-order valence-electron chi connectivity index (χ0n) is 19.9. The monoisotopic (exact) mass is 632 g/mol. The van der Waals surface area contributed by atoms with Gasteiger partial charge in [-0.25, -0.2) is 14.2 Å². The van der Waals surface area contributed by atoms with E-state index >= 15 is 0 Å². The summed E-state index contributed by atoms with van der Waals surface area (Å²) >= 11 is 3.32. The fraction of sp³-hybridized carbons (Fsp3) is 0.148. The summed E-state index contributed by atoms with van der Waals surface area (Å²) in [6.07, 6.45) is 1.74. The van der Waals surface area contributed by atoms with Crippen LogP contribution in [-0.2, 0) is 11.4 Å². The molecule has 3 aromatic rings. The molecular weight excluding hydrogens is 610 g/mol. The van der Waals surface area contributed by atoms with Crippen molar-refractivity contribution in [3.63, 3.8) is 0 Å². The van der Waals surface area contributed by atoms with Crippen molar-refractivity contribution in [1.82, 2.24) is 4.90 Å². The van der Waals surface area contributed by atoms with Gasteiger partial charge in [0.1, 0.15) is 12.4 Å². The number of hydrogen-bond acceptors (Lipinski definition) is 6. The van der Waals surface area contributed by atoms with Gasteiger partial charge in [0.25, 0.3) is 5.91 Å². The highest BCUT2D eigenvalue weighted by molar-refractivity contribution is 14.1. The summed E-state index contributed by atoms with van der Waals surface area (Å²) in [5, 5.41) is 9.65. The molecule has 10 heteroatoms. The van der Waals surface area contributed by atoms with E-state index in [0.717, 1.165) is 9.13 Å². The molecule has 1 heterocycles. The third-order valence-electron chi connectivity index (χ3n) is 5.28. The molecule has 37 heavy (non-hydrogen) atoms. The van der Waals surface area contributed by atoms with Gasteiger partial charge in [0.2, 0.25) is 0 Å². The number of thioether (sulfide) groups is 1. The van der Waals surface area contributed by atoms with Crippen LogP contribution >= 0.6 is 34.4 Å². The molecule has 0 saturated carbocycles. The van der Waals surface area contributed by atoms with E-state index in [1.54, 1.807) is 49.5 Å². The summed E-state index contributed by atoms with van der Waals surface area (Å²) in [6.45, 7) is 2.30. The fourth-order valence-corrected chi connectivity index (χ4v) is 5.23. The van der Waals surface area contributed by atoms with Crippen molar-refractivity contribution in [1.29, 1.82) is 0 Å². The third-order valence-corrected chi connectivity index (χ3v) is 7.14. The van der Waals surface area contributed by atoms with Crippen LogP contribution in [0.5, 0.6) is 11.5 Å². The van der Waals surface area contributed by atoms with Gasteiger partial charge < -0.3 is 14.6 Å². The summed E-state index contributed by atoms with van der Waals surface area (Å²) in [4.78, 5) is 30.5. The number of aromatic carboxylic acids is 1. The molecule has 190 valence electrons. The number of halogens is 2. The molecule has 0 radical (unpaired) electrons. The average molecular weight is 632 g/mol. The zero-order valence-corrected chi connectivity index (χ0v) is 22.9. The summed E-state index contributed by atoms with van der Waals surface area (Å²) in [5.74, 6) is -0.639. The van der Waals surface area contributed by atoms with Crippen LogP contribution in [0.2, 0.25) is 0 Å². The van der Waals surface area contributed by atoms with Crippen molar-refractivity contribution in [2.45, 2.75) is 13.5 Å². The van der Waals surface area contributed by atoms with Crippen molar-refractivity contribution in [3.05, 3.63) is 91.6 Å². The Bertz CT molecular complexity index is 1430. The van der Waals surface area contributed by atoms with Gasteiger partial charge in [0.15, 0.2) is 16.7 Å². The van der Waals surface area contributed by atoms with Crippen LogP contribution in [0.4, 0.5) is 10.1 Å². The highest BCUT2D eigenvalue weighted by Crippen LogP contribution is 2.38. The zero-order chi connectivity index (χ0) is 26.5. The number of amidine groups is 1. The van der Waals surface area contributed by atoms with Crippen LogP contribution in [0.15, 0.2) is 70.6 Å². The molecule has 1 fully saturated rings. The average Bonchev–Trinajstić information content (AvgIpc) is 3.12. The number of carboxylic acids is 1. The maximum atomic E-state index is 14.0. The molecule has 1 amide bonds. The molecule has 0 aromatic heterocycles. The maximum absolute atomic E-state index is 14.0. The Labute approximate surface area is 231 Å². The second kappa shape index (κ2) is 11.8. The van der Waals surface area contributed by atoms with Gasteiger partial charge >= 0.3 is 5.97 Å². The summed E-state index contributed by atoms with van der Waals surface area (Å²) < 4.78 is 26.5. The van der Waals surface area contributed by atoms with Crippen LogP contribution in [0.25, 0.3) is 6.08 Å². The second-order valence-electron chi connectivity index (χ2n) is 7.87. The van der Waals surface area contributed by atoms with Crippen molar-refractivity contribution >= 4 is 63.2 Å². The molecule has 7 nitrogen and oxygen atoms in total. The molecule has 1 saturated heterocycles. The molecule has 0 bridgehead atoms. The SMILES string of the molecule is CCOc1cc(/C=C2\SC(=Nc3cccc(C(=O)O)c3)N(C)C2=O)cc(I)c1OCc1ccccc1F. The number of benzene rings is 3. The van der Waals surface area contributed by atoms with Gasteiger partial charge in [-0.3, -0.25) is 9.69 Å². The number of carbonyl (C=O) groups excluding carboxylic acids is 1. The number of nitrogens with zero attached hydrogens (tertiary/aromatic N) is 2. The standard InChI is InChI=1S/C27H22FIN2O5S/c1-3-35-22-12-16(11-21(29)24(22)36-15-18-7-4-5-10-20(18)28)13-23-25(32)31(2)27(37-23)30-19-9-6-8-17(14-19)26(33)34/h4-14H,3,15H2,1-2H3,(H,33,34)/b23-13-,30-27?. The number of carbonyl (C=O) groups is 2. The summed E-state index contributed by atoms with van der Waals surface area (Å²) in [6, 6.07) is 16.3. The minimum absolute atomic E-state index is 0.0468. The quantitative estimate of drug-likeness (QED) is 0.231. The Balaban J connectivity index is 1.60. The molecule has 1 N–H and O–H groups in total. The number of amides is 1. The number of aliphatic imine (C=N–C) groups is 1. The topological polar surface area (TPSA) is 88.4 Å². The van der Waals surface area contributed by atoms with Crippen LogP contribution in [0.3, 0.4) is 0 Å². The Kier molecular flexibility index (Phi) is 8.49. The van der Waals surface area contributed by atoms with E-state index in [9.17, 15) is 19.1 Å². The number of ether oxygens (including phenoxy) is 2. The number of hydrogen-bond donors (Lipinski definition) is 1. The van der Waals surface area contributed by atoms with Gasteiger partial charge in [0, 0.05) is 12.6 Å². The van der Waals surface area contributed by atoms with E-state index in [1.165, 1.54) is 34.9 Å². The highest BCUT2D eigenvalue weighted by atomic mass is 127. The van der Waals surface area contributed by atoms with Gasteiger partial charge in [-0.2, -0.15) is 0 Å². The van der Waals surface area contributed by atoms with E-state index in [4.69, 9.17) is 9.47 Å². The van der Waals surface area contributed by atoms with Crippen LogP contribution in [-0.4, -0.2) is 40.7 Å². The molecule has 0 unspecified atom stereocenters. The molecule has 1 aliphatic heterocycles. The third kappa shape index (κ3) is 6.31. The molecule has 0 atom stereocenters. The van der Waals surface area contributed by atoms with E-state index in [-0.39, 0.29) is 23.9 Å².